The number of hydrogen-bond donors (Lipinski definition) is 0. The van der Waals surface area contributed by atoms with Crippen LogP contribution in [-0.2, 0) is 9.47 Å². The molecule has 2 aliphatic rings. The fourth-order valence-corrected chi connectivity index (χ4v) is 2.90. The van der Waals surface area contributed by atoms with Crippen LogP contribution in [0.2, 0.25) is 0 Å². The minimum absolute atomic E-state index is 0.251. The molecule has 2 atom stereocenters. The van der Waals surface area contributed by atoms with Crippen molar-refractivity contribution in [2.24, 2.45) is 10.2 Å². The van der Waals surface area contributed by atoms with Crippen molar-refractivity contribution in [3.8, 4) is 22.6 Å². The van der Waals surface area contributed by atoms with Crippen molar-refractivity contribution in [2.75, 3.05) is 26.4 Å². The van der Waals surface area contributed by atoms with Gasteiger partial charge in [-0.05, 0) is 59.7 Å². The molecular formula is C24H22N2O4. The smallest absolute Gasteiger partial charge is 0.119 e. The van der Waals surface area contributed by atoms with Crippen LogP contribution in [0, 0.1) is 0 Å². The van der Waals surface area contributed by atoms with Crippen LogP contribution in [0.1, 0.15) is 0 Å². The zero-order valence-corrected chi connectivity index (χ0v) is 16.4. The lowest BCUT2D eigenvalue weighted by Gasteiger charge is -2.06. The summed E-state index contributed by atoms with van der Waals surface area (Å²) in [7, 11) is 0. The van der Waals surface area contributed by atoms with E-state index in [1.165, 1.54) is 0 Å². The molecule has 30 heavy (non-hydrogen) atoms. The van der Waals surface area contributed by atoms with Crippen LogP contribution in [0.5, 0.6) is 11.5 Å². The Labute approximate surface area is 175 Å². The summed E-state index contributed by atoms with van der Waals surface area (Å²) < 4.78 is 21.6. The van der Waals surface area contributed by atoms with E-state index in [9.17, 15) is 0 Å². The summed E-state index contributed by atoms with van der Waals surface area (Å²) in [5, 5.41) is 8.62. The molecule has 0 spiro atoms. The van der Waals surface area contributed by atoms with Gasteiger partial charge in [0.05, 0.1) is 24.6 Å². The van der Waals surface area contributed by atoms with Gasteiger partial charge in [0.25, 0.3) is 0 Å². The molecule has 2 heterocycles. The van der Waals surface area contributed by atoms with Crippen molar-refractivity contribution in [1.82, 2.24) is 0 Å². The van der Waals surface area contributed by atoms with Gasteiger partial charge in [0.2, 0.25) is 0 Å². The molecule has 152 valence electrons. The van der Waals surface area contributed by atoms with Gasteiger partial charge in [-0.15, -0.1) is 0 Å². The molecule has 2 unspecified atom stereocenters. The van der Waals surface area contributed by atoms with Crippen LogP contribution in [0.15, 0.2) is 83.0 Å². The molecule has 0 amide bonds. The zero-order valence-electron chi connectivity index (χ0n) is 16.4. The maximum absolute atomic E-state index is 5.68. The second kappa shape index (κ2) is 8.65. The predicted octanol–water partition coefficient (Wildman–Crippen LogP) is 5.32. The molecule has 0 N–H and O–H groups in total. The average molecular weight is 402 g/mol. The van der Waals surface area contributed by atoms with Gasteiger partial charge in [-0.25, -0.2) is 0 Å². The van der Waals surface area contributed by atoms with Crippen LogP contribution in [0.25, 0.3) is 11.1 Å². The maximum Gasteiger partial charge on any atom is 0.119 e. The summed E-state index contributed by atoms with van der Waals surface area (Å²) in [6, 6.07) is 23.6. The second-order valence-electron chi connectivity index (χ2n) is 7.30. The zero-order chi connectivity index (χ0) is 20.2. The molecule has 0 aliphatic carbocycles. The molecule has 5 rings (SSSR count). The van der Waals surface area contributed by atoms with Crippen LogP contribution in [0.4, 0.5) is 11.4 Å². The summed E-state index contributed by atoms with van der Waals surface area (Å²) in [6.07, 6.45) is 0.515. The first kappa shape index (κ1) is 18.8. The third-order valence-electron chi connectivity index (χ3n) is 4.85. The van der Waals surface area contributed by atoms with Crippen LogP contribution in [-0.4, -0.2) is 38.6 Å². The van der Waals surface area contributed by atoms with Crippen LogP contribution < -0.4 is 9.47 Å². The van der Waals surface area contributed by atoms with Gasteiger partial charge >= 0.3 is 0 Å². The van der Waals surface area contributed by atoms with E-state index in [0.717, 1.165) is 47.2 Å². The number of hydrogen-bond acceptors (Lipinski definition) is 6. The van der Waals surface area contributed by atoms with Crippen molar-refractivity contribution in [1.29, 1.82) is 0 Å². The van der Waals surface area contributed by atoms with E-state index in [-0.39, 0.29) is 12.2 Å². The highest BCUT2D eigenvalue weighted by Crippen LogP contribution is 2.27. The molecule has 6 heteroatoms. The van der Waals surface area contributed by atoms with Crippen LogP contribution in [0.3, 0.4) is 0 Å². The summed E-state index contributed by atoms with van der Waals surface area (Å²) >= 11 is 0. The van der Waals surface area contributed by atoms with Crippen molar-refractivity contribution in [3.05, 3.63) is 72.8 Å². The molecule has 0 bridgehead atoms. The first-order chi connectivity index (χ1) is 14.8. The van der Waals surface area contributed by atoms with E-state index in [4.69, 9.17) is 18.9 Å². The van der Waals surface area contributed by atoms with E-state index < -0.39 is 0 Å². The van der Waals surface area contributed by atoms with Crippen molar-refractivity contribution < 1.29 is 18.9 Å². The molecule has 2 aliphatic heterocycles. The largest absolute Gasteiger partial charge is 0.491 e. The molecule has 3 aromatic carbocycles. The van der Waals surface area contributed by atoms with Crippen molar-refractivity contribution >= 4 is 11.4 Å². The quantitative estimate of drug-likeness (QED) is 0.359. The number of azo groups is 1. The Morgan fingerprint density at radius 3 is 1.40 bits per heavy atom. The number of benzene rings is 3. The van der Waals surface area contributed by atoms with Gasteiger partial charge in [0.1, 0.15) is 36.9 Å². The topological polar surface area (TPSA) is 68.2 Å². The van der Waals surface area contributed by atoms with Gasteiger partial charge in [-0.3, -0.25) is 0 Å². The van der Waals surface area contributed by atoms with E-state index in [2.05, 4.69) is 22.4 Å². The molecule has 3 aromatic rings. The third-order valence-corrected chi connectivity index (χ3v) is 4.85. The highest BCUT2D eigenvalue weighted by Gasteiger charge is 2.23. The Bertz CT molecular complexity index is 993. The number of nitrogens with zero attached hydrogens (tertiary/aromatic N) is 2. The molecular weight excluding hydrogens is 380 g/mol. The van der Waals surface area contributed by atoms with Gasteiger partial charge < -0.3 is 18.9 Å². The Kier molecular flexibility index (Phi) is 5.42. The number of epoxide rings is 2. The number of ether oxygens (including phenoxy) is 4. The highest BCUT2D eigenvalue weighted by molar-refractivity contribution is 5.66. The van der Waals surface area contributed by atoms with E-state index >= 15 is 0 Å². The summed E-state index contributed by atoms with van der Waals surface area (Å²) in [6.45, 7) is 2.81. The van der Waals surface area contributed by atoms with Gasteiger partial charge in [0, 0.05) is 0 Å². The fraction of sp³-hybridized carbons (Fsp3) is 0.250. The predicted molar refractivity (Wildman–Crippen MR) is 113 cm³/mol. The second-order valence-corrected chi connectivity index (χ2v) is 7.30. The van der Waals surface area contributed by atoms with Gasteiger partial charge in [-0.1, -0.05) is 24.3 Å². The molecule has 0 aromatic heterocycles. The average Bonchev–Trinajstić information content (AvgIpc) is 3.71. The lowest BCUT2D eigenvalue weighted by molar-refractivity contribution is 0.263. The number of rotatable bonds is 9. The highest BCUT2D eigenvalue weighted by atomic mass is 16.6. The minimum Gasteiger partial charge on any atom is -0.491 e. The minimum atomic E-state index is 0.251. The first-order valence-electron chi connectivity index (χ1n) is 10.0. The lowest BCUT2D eigenvalue weighted by atomic mass is 10.1. The fourth-order valence-electron chi connectivity index (χ4n) is 2.90. The lowest BCUT2D eigenvalue weighted by Crippen LogP contribution is -2.03. The molecule has 6 nitrogen and oxygen atoms in total. The van der Waals surface area contributed by atoms with Crippen LogP contribution >= 0.6 is 0 Å². The summed E-state index contributed by atoms with van der Waals surface area (Å²) in [5.41, 5.74) is 3.82. The maximum atomic E-state index is 5.68. The monoisotopic (exact) mass is 402 g/mol. The molecule has 0 saturated carbocycles. The Morgan fingerprint density at radius 2 is 0.967 bits per heavy atom. The SMILES string of the molecule is c1cc(OCC2CO2)ccc1N=Nc1ccc(-c2ccc(OCC3CO3)cc2)cc1. The van der Waals surface area contributed by atoms with Crippen molar-refractivity contribution in [3.63, 3.8) is 0 Å². The molecule has 2 fully saturated rings. The van der Waals surface area contributed by atoms with Gasteiger partial charge in [-0.2, -0.15) is 10.2 Å². The first-order valence-corrected chi connectivity index (χ1v) is 10.0. The molecule has 0 radical (unpaired) electrons. The van der Waals surface area contributed by atoms with E-state index in [1.807, 2.05) is 60.7 Å². The Hall–Kier alpha value is -3.22. The van der Waals surface area contributed by atoms with E-state index in [0.29, 0.717) is 13.2 Å². The Balaban J connectivity index is 1.17. The summed E-state index contributed by atoms with van der Waals surface area (Å²) in [4.78, 5) is 0. The Morgan fingerprint density at radius 1 is 0.600 bits per heavy atom. The third kappa shape index (κ3) is 5.23. The van der Waals surface area contributed by atoms with E-state index in [1.54, 1.807) is 0 Å². The normalized spacial score (nSPS) is 19.6. The van der Waals surface area contributed by atoms with Crippen molar-refractivity contribution in [2.45, 2.75) is 12.2 Å². The summed E-state index contributed by atoms with van der Waals surface area (Å²) in [5.74, 6) is 1.67. The van der Waals surface area contributed by atoms with Gasteiger partial charge in [0.15, 0.2) is 0 Å². The standard InChI is InChI=1S/C24H22N2O4/c1-5-19(25-26-20-7-11-22(12-8-20)28-14-24-16-30-24)6-2-17(1)18-3-9-21(10-4-18)27-13-23-15-29-23/h1-12,23-24H,13-16H2. The molecule has 2 saturated heterocycles.